The summed E-state index contributed by atoms with van der Waals surface area (Å²) >= 11 is 0. The van der Waals surface area contributed by atoms with E-state index >= 15 is 0 Å². The van der Waals surface area contributed by atoms with E-state index in [0.717, 1.165) is 24.4 Å². The van der Waals surface area contributed by atoms with Gasteiger partial charge >= 0.3 is 5.97 Å². The number of carboxylic acid groups (broad SMARTS) is 1. The van der Waals surface area contributed by atoms with Crippen LogP contribution in [0.2, 0.25) is 0 Å². The first-order chi connectivity index (χ1) is 8.11. The fourth-order valence-electron chi connectivity index (χ4n) is 1.87. The van der Waals surface area contributed by atoms with Gasteiger partial charge in [-0.3, -0.25) is 0 Å². The molecule has 0 heterocycles. The van der Waals surface area contributed by atoms with E-state index in [1.807, 2.05) is 44.2 Å². The van der Waals surface area contributed by atoms with Gasteiger partial charge in [0.1, 0.15) is 0 Å². The van der Waals surface area contributed by atoms with Crippen LogP contribution in [0.1, 0.15) is 26.3 Å². The maximum atomic E-state index is 11.2. The second kappa shape index (κ2) is 6.09. The molecule has 0 atom stereocenters. The third-order valence-electron chi connectivity index (χ3n) is 2.80. The standard InChI is InChI=1S/C14H19NO2/c1-4-15(5-2)13(11(3)14(16)17)12-9-7-6-8-10-12/h6-10H,4-5H2,1-3H3,(H,16,17). The summed E-state index contributed by atoms with van der Waals surface area (Å²) in [5.41, 5.74) is 2.15. The molecule has 1 aromatic rings. The maximum absolute atomic E-state index is 11.2. The van der Waals surface area contributed by atoms with Crippen molar-refractivity contribution in [1.82, 2.24) is 4.90 Å². The van der Waals surface area contributed by atoms with Crippen LogP contribution in [0.4, 0.5) is 0 Å². The van der Waals surface area contributed by atoms with Crippen LogP contribution >= 0.6 is 0 Å². The number of nitrogens with zero attached hydrogens (tertiary/aromatic N) is 1. The van der Waals surface area contributed by atoms with E-state index in [4.69, 9.17) is 5.11 Å². The van der Waals surface area contributed by atoms with Crippen molar-refractivity contribution in [3.8, 4) is 0 Å². The Kier molecular flexibility index (Phi) is 4.76. The van der Waals surface area contributed by atoms with Crippen LogP contribution in [0, 0.1) is 0 Å². The van der Waals surface area contributed by atoms with E-state index in [1.165, 1.54) is 0 Å². The van der Waals surface area contributed by atoms with Gasteiger partial charge in [0.15, 0.2) is 0 Å². The summed E-state index contributed by atoms with van der Waals surface area (Å²) in [7, 11) is 0. The fraction of sp³-hybridized carbons (Fsp3) is 0.357. The highest BCUT2D eigenvalue weighted by Gasteiger charge is 2.15. The summed E-state index contributed by atoms with van der Waals surface area (Å²) in [5.74, 6) is -0.865. The van der Waals surface area contributed by atoms with E-state index < -0.39 is 5.97 Å². The number of hydrogen-bond acceptors (Lipinski definition) is 2. The smallest absolute Gasteiger partial charge is 0.333 e. The summed E-state index contributed by atoms with van der Waals surface area (Å²) in [6.07, 6.45) is 0. The molecule has 0 aliphatic rings. The molecule has 0 saturated carbocycles. The predicted octanol–water partition coefficient (Wildman–Crippen LogP) is 2.84. The van der Waals surface area contributed by atoms with Gasteiger partial charge in [0.05, 0.1) is 11.3 Å². The van der Waals surface area contributed by atoms with Crippen molar-refractivity contribution in [3.05, 3.63) is 41.5 Å². The predicted molar refractivity (Wildman–Crippen MR) is 69.6 cm³/mol. The Balaban J connectivity index is 3.30. The molecule has 0 aliphatic carbocycles. The van der Waals surface area contributed by atoms with Gasteiger partial charge in [0.25, 0.3) is 0 Å². The number of aliphatic carboxylic acids is 1. The molecule has 0 fully saturated rings. The Labute approximate surface area is 102 Å². The van der Waals surface area contributed by atoms with E-state index in [0.29, 0.717) is 5.57 Å². The third-order valence-corrected chi connectivity index (χ3v) is 2.80. The Hall–Kier alpha value is -1.77. The van der Waals surface area contributed by atoms with Crippen LogP contribution in [0.5, 0.6) is 0 Å². The van der Waals surface area contributed by atoms with E-state index in [2.05, 4.69) is 4.90 Å². The summed E-state index contributed by atoms with van der Waals surface area (Å²) in [4.78, 5) is 13.2. The molecule has 3 nitrogen and oxygen atoms in total. The van der Waals surface area contributed by atoms with Crippen molar-refractivity contribution in [2.24, 2.45) is 0 Å². The highest BCUT2D eigenvalue weighted by molar-refractivity contribution is 5.95. The van der Waals surface area contributed by atoms with Crippen molar-refractivity contribution < 1.29 is 9.90 Å². The highest BCUT2D eigenvalue weighted by atomic mass is 16.4. The zero-order chi connectivity index (χ0) is 12.8. The van der Waals surface area contributed by atoms with Crippen molar-refractivity contribution >= 4 is 11.7 Å². The molecular weight excluding hydrogens is 214 g/mol. The molecule has 0 radical (unpaired) electrons. The minimum absolute atomic E-state index is 0.389. The summed E-state index contributed by atoms with van der Waals surface area (Å²) in [6.45, 7) is 7.31. The van der Waals surface area contributed by atoms with Gasteiger partial charge in [-0.15, -0.1) is 0 Å². The van der Waals surface area contributed by atoms with Crippen LogP contribution in [-0.2, 0) is 4.79 Å². The molecule has 1 rings (SSSR count). The van der Waals surface area contributed by atoms with Crippen LogP contribution in [0.15, 0.2) is 35.9 Å². The normalized spacial score (nSPS) is 11.9. The van der Waals surface area contributed by atoms with Gasteiger partial charge in [0.2, 0.25) is 0 Å². The van der Waals surface area contributed by atoms with Crippen molar-refractivity contribution in [2.45, 2.75) is 20.8 Å². The minimum atomic E-state index is -0.865. The van der Waals surface area contributed by atoms with Crippen LogP contribution in [0.25, 0.3) is 5.70 Å². The number of rotatable bonds is 5. The average molecular weight is 233 g/mol. The number of carboxylic acids is 1. The largest absolute Gasteiger partial charge is 0.478 e. The Morgan fingerprint density at radius 1 is 1.18 bits per heavy atom. The lowest BCUT2D eigenvalue weighted by molar-refractivity contribution is -0.132. The number of carbonyl (C=O) groups is 1. The monoisotopic (exact) mass is 233 g/mol. The van der Waals surface area contributed by atoms with Gasteiger partial charge in [-0.2, -0.15) is 0 Å². The van der Waals surface area contributed by atoms with E-state index in [9.17, 15) is 4.79 Å². The van der Waals surface area contributed by atoms with Crippen LogP contribution in [-0.4, -0.2) is 29.1 Å². The first kappa shape index (κ1) is 13.3. The molecule has 0 unspecified atom stereocenters. The van der Waals surface area contributed by atoms with Gasteiger partial charge in [-0.1, -0.05) is 30.3 Å². The van der Waals surface area contributed by atoms with Crippen molar-refractivity contribution in [2.75, 3.05) is 13.1 Å². The molecule has 0 bridgehead atoms. The lowest BCUT2D eigenvalue weighted by atomic mass is 10.1. The lowest BCUT2D eigenvalue weighted by Crippen LogP contribution is -2.23. The van der Waals surface area contributed by atoms with Gasteiger partial charge < -0.3 is 10.0 Å². The van der Waals surface area contributed by atoms with Gasteiger partial charge in [-0.25, -0.2) is 4.79 Å². The van der Waals surface area contributed by atoms with Crippen LogP contribution < -0.4 is 0 Å². The molecule has 17 heavy (non-hydrogen) atoms. The molecule has 0 spiro atoms. The molecule has 1 N–H and O–H groups in total. The van der Waals surface area contributed by atoms with Crippen molar-refractivity contribution in [3.63, 3.8) is 0 Å². The second-order valence-corrected chi connectivity index (χ2v) is 3.82. The molecule has 0 aliphatic heterocycles. The summed E-state index contributed by atoms with van der Waals surface area (Å²) in [5, 5.41) is 9.17. The van der Waals surface area contributed by atoms with Crippen LogP contribution in [0.3, 0.4) is 0 Å². The average Bonchev–Trinajstić information content (AvgIpc) is 2.36. The SMILES string of the molecule is CCN(CC)C(=C(C)C(=O)O)c1ccccc1. The Morgan fingerprint density at radius 3 is 2.12 bits per heavy atom. The highest BCUT2D eigenvalue weighted by Crippen LogP contribution is 2.22. The molecule has 0 aromatic heterocycles. The molecule has 92 valence electrons. The summed E-state index contributed by atoms with van der Waals surface area (Å²) < 4.78 is 0. The first-order valence-corrected chi connectivity index (χ1v) is 5.86. The number of benzene rings is 1. The molecule has 3 heteroatoms. The van der Waals surface area contributed by atoms with Gasteiger partial charge in [-0.05, 0) is 26.3 Å². The molecule has 1 aromatic carbocycles. The third kappa shape index (κ3) is 3.09. The van der Waals surface area contributed by atoms with Gasteiger partial charge in [0, 0.05) is 13.1 Å². The topological polar surface area (TPSA) is 40.5 Å². The summed E-state index contributed by atoms with van der Waals surface area (Å²) in [6, 6.07) is 9.67. The van der Waals surface area contributed by atoms with E-state index in [1.54, 1.807) is 6.92 Å². The molecule has 0 amide bonds. The first-order valence-electron chi connectivity index (χ1n) is 5.86. The zero-order valence-corrected chi connectivity index (χ0v) is 10.6. The zero-order valence-electron chi connectivity index (χ0n) is 10.6. The maximum Gasteiger partial charge on any atom is 0.333 e. The fourth-order valence-corrected chi connectivity index (χ4v) is 1.87. The Bertz CT molecular complexity index is 405. The Morgan fingerprint density at radius 2 is 1.71 bits per heavy atom. The minimum Gasteiger partial charge on any atom is -0.478 e. The lowest BCUT2D eigenvalue weighted by Gasteiger charge is -2.26. The molecule has 0 saturated heterocycles. The second-order valence-electron chi connectivity index (χ2n) is 3.82. The molecular formula is C14H19NO2. The number of hydrogen-bond donors (Lipinski definition) is 1. The quantitative estimate of drug-likeness (QED) is 0.795. The van der Waals surface area contributed by atoms with Crippen molar-refractivity contribution in [1.29, 1.82) is 0 Å². The van der Waals surface area contributed by atoms with E-state index in [-0.39, 0.29) is 0 Å².